The predicted octanol–water partition coefficient (Wildman–Crippen LogP) is 3.43. The first-order chi connectivity index (χ1) is 9.41. The Morgan fingerprint density at radius 1 is 1.40 bits per heavy atom. The van der Waals surface area contributed by atoms with Gasteiger partial charge >= 0.3 is 5.97 Å². The van der Waals surface area contributed by atoms with E-state index in [1.165, 1.54) is 0 Å². The van der Waals surface area contributed by atoms with Crippen molar-refractivity contribution in [3.63, 3.8) is 0 Å². The SMILES string of the molecule is Cc1csc(CNc2ccccc2C(C)(C)C(=O)O)n1. The first-order valence-corrected chi connectivity index (χ1v) is 7.27. The number of rotatable bonds is 5. The van der Waals surface area contributed by atoms with Crippen LogP contribution in [0.3, 0.4) is 0 Å². The molecule has 2 rings (SSSR count). The molecule has 0 amide bonds. The number of thiazole rings is 1. The highest BCUT2D eigenvalue weighted by Gasteiger charge is 2.31. The number of hydrogen-bond acceptors (Lipinski definition) is 4. The molecule has 106 valence electrons. The molecule has 0 aliphatic rings. The van der Waals surface area contributed by atoms with Crippen LogP contribution in [0.25, 0.3) is 0 Å². The molecular formula is C15H18N2O2S. The van der Waals surface area contributed by atoms with E-state index in [2.05, 4.69) is 10.3 Å². The molecule has 4 nitrogen and oxygen atoms in total. The number of aliphatic carboxylic acids is 1. The number of nitrogens with one attached hydrogen (secondary N) is 1. The van der Waals surface area contributed by atoms with Crippen LogP contribution in [0.4, 0.5) is 5.69 Å². The van der Waals surface area contributed by atoms with Gasteiger partial charge in [0, 0.05) is 16.8 Å². The number of carboxylic acids is 1. The molecule has 0 saturated carbocycles. The number of aromatic nitrogens is 1. The summed E-state index contributed by atoms with van der Waals surface area (Å²) < 4.78 is 0. The summed E-state index contributed by atoms with van der Waals surface area (Å²) >= 11 is 1.60. The molecule has 2 aromatic rings. The van der Waals surface area contributed by atoms with Crippen LogP contribution < -0.4 is 5.32 Å². The second-order valence-electron chi connectivity index (χ2n) is 5.21. The van der Waals surface area contributed by atoms with Crippen LogP contribution >= 0.6 is 11.3 Å². The second kappa shape index (κ2) is 5.63. The summed E-state index contributed by atoms with van der Waals surface area (Å²) in [4.78, 5) is 15.8. The maximum Gasteiger partial charge on any atom is 0.313 e. The Kier molecular flexibility index (Phi) is 4.09. The van der Waals surface area contributed by atoms with Gasteiger partial charge in [-0.2, -0.15) is 0 Å². The van der Waals surface area contributed by atoms with Crippen LogP contribution in [0.5, 0.6) is 0 Å². The van der Waals surface area contributed by atoms with E-state index < -0.39 is 11.4 Å². The van der Waals surface area contributed by atoms with Crippen molar-refractivity contribution in [2.24, 2.45) is 0 Å². The monoisotopic (exact) mass is 290 g/mol. The molecule has 0 unspecified atom stereocenters. The van der Waals surface area contributed by atoms with Crippen molar-refractivity contribution in [3.8, 4) is 0 Å². The summed E-state index contributed by atoms with van der Waals surface area (Å²) in [7, 11) is 0. The van der Waals surface area contributed by atoms with Gasteiger partial charge in [0.05, 0.1) is 12.0 Å². The summed E-state index contributed by atoms with van der Waals surface area (Å²) in [6.07, 6.45) is 0. The van der Waals surface area contributed by atoms with Crippen LogP contribution in [0, 0.1) is 6.92 Å². The Hall–Kier alpha value is -1.88. The number of nitrogens with zero attached hydrogens (tertiary/aromatic N) is 1. The predicted molar refractivity (Wildman–Crippen MR) is 81.3 cm³/mol. The van der Waals surface area contributed by atoms with Crippen molar-refractivity contribution in [2.45, 2.75) is 32.7 Å². The molecule has 2 N–H and O–H groups in total. The number of anilines is 1. The average molecular weight is 290 g/mol. The topological polar surface area (TPSA) is 62.2 Å². The van der Waals surface area contributed by atoms with Crippen LogP contribution in [-0.2, 0) is 16.8 Å². The maximum absolute atomic E-state index is 11.4. The quantitative estimate of drug-likeness (QED) is 0.885. The van der Waals surface area contributed by atoms with Gasteiger partial charge in [-0.1, -0.05) is 18.2 Å². The Balaban J connectivity index is 2.22. The molecule has 0 radical (unpaired) electrons. The lowest BCUT2D eigenvalue weighted by molar-refractivity contribution is -0.142. The van der Waals surface area contributed by atoms with Crippen LogP contribution in [0.1, 0.15) is 30.1 Å². The fourth-order valence-electron chi connectivity index (χ4n) is 1.95. The smallest absolute Gasteiger partial charge is 0.313 e. The van der Waals surface area contributed by atoms with E-state index in [0.717, 1.165) is 22.0 Å². The first-order valence-electron chi connectivity index (χ1n) is 6.39. The van der Waals surface area contributed by atoms with Crippen molar-refractivity contribution in [3.05, 3.63) is 45.9 Å². The van der Waals surface area contributed by atoms with Gasteiger partial charge in [0.25, 0.3) is 0 Å². The molecule has 1 heterocycles. The lowest BCUT2D eigenvalue weighted by atomic mass is 9.83. The minimum Gasteiger partial charge on any atom is -0.481 e. The normalized spacial score (nSPS) is 11.3. The summed E-state index contributed by atoms with van der Waals surface area (Å²) in [5, 5.41) is 15.7. The van der Waals surface area contributed by atoms with E-state index in [0.29, 0.717) is 6.54 Å². The van der Waals surface area contributed by atoms with Gasteiger partial charge in [-0.3, -0.25) is 4.79 Å². The molecule has 0 fully saturated rings. The minimum absolute atomic E-state index is 0.602. The Bertz CT molecular complexity index is 620. The van der Waals surface area contributed by atoms with Gasteiger partial charge < -0.3 is 10.4 Å². The molecule has 0 aliphatic carbocycles. The third-order valence-corrected chi connectivity index (χ3v) is 4.20. The van der Waals surface area contributed by atoms with Crippen LogP contribution in [0.15, 0.2) is 29.6 Å². The summed E-state index contributed by atoms with van der Waals surface area (Å²) in [5.74, 6) is -0.836. The van der Waals surface area contributed by atoms with Gasteiger partial charge in [-0.15, -0.1) is 11.3 Å². The highest BCUT2D eigenvalue weighted by Crippen LogP contribution is 2.30. The van der Waals surface area contributed by atoms with Crippen molar-refractivity contribution in [1.29, 1.82) is 0 Å². The zero-order chi connectivity index (χ0) is 14.8. The number of para-hydroxylation sites is 1. The van der Waals surface area contributed by atoms with Gasteiger partial charge in [0.15, 0.2) is 0 Å². The molecular weight excluding hydrogens is 272 g/mol. The highest BCUT2D eigenvalue weighted by atomic mass is 32.1. The number of carbonyl (C=O) groups is 1. The van der Waals surface area contributed by atoms with Gasteiger partial charge in [0.2, 0.25) is 0 Å². The molecule has 20 heavy (non-hydrogen) atoms. The third kappa shape index (κ3) is 2.99. The van der Waals surface area contributed by atoms with E-state index in [1.54, 1.807) is 25.2 Å². The lowest BCUT2D eigenvalue weighted by Gasteiger charge is -2.23. The van der Waals surface area contributed by atoms with E-state index in [9.17, 15) is 9.90 Å². The molecule has 0 aliphatic heterocycles. The van der Waals surface area contributed by atoms with E-state index in [4.69, 9.17) is 0 Å². The largest absolute Gasteiger partial charge is 0.481 e. The van der Waals surface area contributed by atoms with Crippen LogP contribution in [0.2, 0.25) is 0 Å². The minimum atomic E-state index is -0.928. The summed E-state index contributed by atoms with van der Waals surface area (Å²) in [5.41, 5.74) is 1.70. The Morgan fingerprint density at radius 2 is 2.10 bits per heavy atom. The third-order valence-electron chi connectivity index (χ3n) is 3.23. The first kappa shape index (κ1) is 14.5. The molecule has 5 heteroatoms. The Morgan fingerprint density at radius 3 is 2.70 bits per heavy atom. The summed E-state index contributed by atoms with van der Waals surface area (Å²) in [6.45, 7) is 5.99. The van der Waals surface area contributed by atoms with Gasteiger partial charge in [-0.25, -0.2) is 4.98 Å². The van der Waals surface area contributed by atoms with E-state index in [1.807, 2.05) is 36.6 Å². The van der Waals surface area contributed by atoms with E-state index >= 15 is 0 Å². The van der Waals surface area contributed by atoms with Gasteiger partial charge in [-0.05, 0) is 32.4 Å². The number of benzene rings is 1. The number of aryl methyl sites for hydroxylation is 1. The standard InChI is InChI=1S/C15H18N2O2S/c1-10-9-20-13(17-10)8-16-12-7-5-4-6-11(12)15(2,3)14(18)19/h4-7,9,16H,8H2,1-3H3,(H,18,19). The molecule has 1 aromatic carbocycles. The van der Waals surface area contributed by atoms with Crippen molar-refractivity contribution < 1.29 is 9.90 Å². The zero-order valence-electron chi connectivity index (χ0n) is 11.8. The fourth-order valence-corrected chi connectivity index (χ4v) is 2.66. The zero-order valence-corrected chi connectivity index (χ0v) is 12.6. The van der Waals surface area contributed by atoms with Crippen molar-refractivity contribution >= 4 is 23.0 Å². The molecule has 0 saturated heterocycles. The van der Waals surface area contributed by atoms with E-state index in [-0.39, 0.29) is 0 Å². The average Bonchev–Trinajstić information content (AvgIpc) is 2.82. The molecule has 0 spiro atoms. The fraction of sp³-hybridized carbons (Fsp3) is 0.333. The summed E-state index contributed by atoms with van der Waals surface area (Å²) in [6, 6.07) is 7.51. The Labute approximate surface area is 122 Å². The van der Waals surface area contributed by atoms with Crippen molar-refractivity contribution in [1.82, 2.24) is 4.98 Å². The maximum atomic E-state index is 11.4. The highest BCUT2D eigenvalue weighted by molar-refractivity contribution is 7.09. The molecule has 0 bridgehead atoms. The number of hydrogen-bond donors (Lipinski definition) is 2. The number of carboxylic acid groups (broad SMARTS) is 1. The van der Waals surface area contributed by atoms with Crippen LogP contribution in [-0.4, -0.2) is 16.1 Å². The second-order valence-corrected chi connectivity index (χ2v) is 6.15. The lowest BCUT2D eigenvalue weighted by Crippen LogP contribution is -2.29. The van der Waals surface area contributed by atoms with Crippen molar-refractivity contribution in [2.75, 3.05) is 5.32 Å². The molecule has 0 atom stereocenters. The van der Waals surface area contributed by atoms with Gasteiger partial charge in [0.1, 0.15) is 5.01 Å². The molecule has 1 aromatic heterocycles.